The molecule has 0 spiro atoms. The van der Waals surface area contributed by atoms with Crippen LogP contribution < -0.4 is 10.6 Å². The van der Waals surface area contributed by atoms with Crippen molar-refractivity contribution >= 4 is 40.9 Å². The van der Waals surface area contributed by atoms with Gasteiger partial charge < -0.3 is 10.4 Å². The first-order chi connectivity index (χ1) is 10.6. The molecule has 1 saturated heterocycles. The first-order valence-electron chi connectivity index (χ1n) is 6.38. The Balaban J connectivity index is 1.89. The van der Waals surface area contributed by atoms with Crippen molar-refractivity contribution in [1.82, 2.24) is 10.6 Å². The molecule has 0 aliphatic carbocycles. The minimum absolute atomic E-state index is 0.0711. The summed E-state index contributed by atoms with van der Waals surface area (Å²) < 4.78 is 0. The number of nitrogens with zero attached hydrogens (tertiary/aromatic N) is 1. The smallest absolute Gasteiger partial charge is 0.337 e. The van der Waals surface area contributed by atoms with E-state index in [4.69, 9.17) is 5.11 Å². The number of para-hydroxylation sites is 1. The molecule has 7 heteroatoms. The van der Waals surface area contributed by atoms with Crippen LogP contribution in [0, 0.1) is 0 Å². The van der Waals surface area contributed by atoms with Gasteiger partial charge in [-0.2, -0.15) is 0 Å². The number of carbonyl (C=O) groups excluding carboxylic acids is 1. The lowest BCUT2D eigenvalue weighted by atomic mass is 10.2. The average Bonchev–Trinajstić information content (AvgIpc) is 3.10. The van der Waals surface area contributed by atoms with Gasteiger partial charge in [-0.3, -0.25) is 10.1 Å². The molecule has 2 aromatic rings. The predicted octanol–water partition coefficient (Wildman–Crippen LogP) is 2.19. The number of rotatable bonds is 3. The van der Waals surface area contributed by atoms with E-state index >= 15 is 0 Å². The van der Waals surface area contributed by atoms with Crippen molar-refractivity contribution in [2.45, 2.75) is 0 Å². The number of carboxylic acids is 1. The second-order valence-corrected chi connectivity index (χ2v) is 5.41. The standard InChI is InChI=1S/C15H11N3O3S/c19-13-12(8-9-4-3-7-22-9)17-15(18-13)16-11-6-2-1-5-10(11)14(20)21/h1-8H,(H,20,21)(H2,16,17,18,19)/b12-8-. The lowest BCUT2D eigenvalue weighted by Gasteiger charge is -2.01. The summed E-state index contributed by atoms with van der Waals surface area (Å²) in [7, 11) is 0. The monoisotopic (exact) mass is 313 g/mol. The van der Waals surface area contributed by atoms with Gasteiger partial charge >= 0.3 is 5.97 Å². The van der Waals surface area contributed by atoms with Crippen molar-refractivity contribution in [3.8, 4) is 0 Å². The molecule has 1 fully saturated rings. The molecular formula is C15H11N3O3S. The van der Waals surface area contributed by atoms with Crippen molar-refractivity contribution in [2.75, 3.05) is 0 Å². The maximum absolute atomic E-state index is 11.9. The molecule has 1 aliphatic rings. The van der Waals surface area contributed by atoms with Crippen LogP contribution in [0.1, 0.15) is 15.2 Å². The highest BCUT2D eigenvalue weighted by atomic mass is 32.1. The van der Waals surface area contributed by atoms with Gasteiger partial charge in [-0.15, -0.1) is 11.3 Å². The quantitative estimate of drug-likeness (QED) is 0.758. The van der Waals surface area contributed by atoms with Crippen LogP contribution in [0.4, 0.5) is 5.69 Å². The molecule has 1 aliphatic heterocycles. The van der Waals surface area contributed by atoms with Crippen LogP contribution in [-0.4, -0.2) is 22.9 Å². The Kier molecular flexibility index (Phi) is 3.71. The Morgan fingerprint density at radius 2 is 2.00 bits per heavy atom. The molecule has 0 atom stereocenters. The van der Waals surface area contributed by atoms with Crippen LogP contribution >= 0.6 is 11.3 Å². The molecule has 22 heavy (non-hydrogen) atoms. The number of guanidine groups is 1. The molecule has 2 heterocycles. The van der Waals surface area contributed by atoms with E-state index in [0.29, 0.717) is 5.70 Å². The summed E-state index contributed by atoms with van der Waals surface area (Å²) in [6.45, 7) is 0. The number of carboxylic acid groups (broad SMARTS) is 1. The zero-order chi connectivity index (χ0) is 15.5. The van der Waals surface area contributed by atoms with E-state index in [1.165, 1.54) is 17.4 Å². The van der Waals surface area contributed by atoms with Crippen molar-refractivity contribution in [3.05, 3.63) is 57.9 Å². The Morgan fingerprint density at radius 1 is 1.18 bits per heavy atom. The molecule has 1 amide bonds. The zero-order valence-electron chi connectivity index (χ0n) is 11.2. The second-order valence-electron chi connectivity index (χ2n) is 4.44. The molecule has 0 unspecified atom stereocenters. The second kappa shape index (κ2) is 5.82. The number of thiophene rings is 1. The number of carbonyl (C=O) groups is 2. The first kappa shape index (κ1) is 14.0. The summed E-state index contributed by atoms with van der Waals surface area (Å²) in [6.07, 6.45) is 1.71. The third kappa shape index (κ3) is 2.89. The van der Waals surface area contributed by atoms with Crippen molar-refractivity contribution in [1.29, 1.82) is 0 Å². The maximum atomic E-state index is 11.9. The summed E-state index contributed by atoms with van der Waals surface area (Å²) in [4.78, 5) is 28.1. The van der Waals surface area contributed by atoms with Gasteiger partial charge in [-0.05, 0) is 29.7 Å². The third-order valence-corrected chi connectivity index (χ3v) is 3.75. The van der Waals surface area contributed by atoms with Crippen LogP contribution in [0.15, 0.2) is 52.5 Å². The third-order valence-electron chi connectivity index (χ3n) is 2.93. The molecule has 1 aromatic carbocycles. The molecule has 3 rings (SSSR count). The summed E-state index contributed by atoms with van der Waals surface area (Å²) in [5.74, 6) is -1.17. The van der Waals surface area contributed by atoms with Gasteiger partial charge in [-0.1, -0.05) is 18.2 Å². The molecule has 0 radical (unpaired) electrons. The Labute approximate surface area is 129 Å². The van der Waals surface area contributed by atoms with E-state index in [1.807, 2.05) is 17.5 Å². The largest absolute Gasteiger partial charge is 0.478 e. The molecule has 1 aromatic heterocycles. The maximum Gasteiger partial charge on any atom is 0.337 e. The number of amides is 1. The van der Waals surface area contributed by atoms with E-state index in [1.54, 1.807) is 24.3 Å². The van der Waals surface area contributed by atoms with Gasteiger partial charge in [0.05, 0.1) is 11.3 Å². The number of nitrogens with one attached hydrogen (secondary N) is 2. The van der Waals surface area contributed by atoms with Crippen LogP contribution in [0.25, 0.3) is 6.08 Å². The summed E-state index contributed by atoms with van der Waals surface area (Å²) >= 11 is 1.51. The predicted molar refractivity (Wildman–Crippen MR) is 84.1 cm³/mol. The van der Waals surface area contributed by atoms with Crippen LogP contribution in [0.3, 0.4) is 0 Å². The fourth-order valence-electron chi connectivity index (χ4n) is 1.94. The normalized spacial score (nSPS) is 17.5. The van der Waals surface area contributed by atoms with E-state index < -0.39 is 5.97 Å². The highest BCUT2D eigenvalue weighted by Crippen LogP contribution is 2.20. The van der Waals surface area contributed by atoms with E-state index in [9.17, 15) is 9.59 Å². The fourth-order valence-corrected chi connectivity index (χ4v) is 2.59. The number of aliphatic imine (C=N–C) groups is 1. The topological polar surface area (TPSA) is 90.8 Å². The van der Waals surface area contributed by atoms with Gasteiger partial charge in [0.1, 0.15) is 5.70 Å². The van der Waals surface area contributed by atoms with E-state index in [2.05, 4.69) is 15.6 Å². The Morgan fingerprint density at radius 3 is 2.73 bits per heavy atom. The molecule has 110 valence electrons. The lowest BCUT2D eigenvalue weighted by Crippen LogP contribution is -2.24. The lowest BCUT2D eigenvalue weighted by molar-refractivity contribution is -0.115. The molecule has 6 nitrogen and oxygen atoms in total. The van der Waals surface area contributed by atoms with Gasteiger partial charge in [0.25, 0.3) is 5.91 Å². The van der Waals surface area contributed by atoms with Crippen molar-refractivity contribution < 1.29 is 14.7 Å². The zero-order valence-corrected chi connectivity index (χ0v) is 12.1. The van der Waals surface area contributed by atoms with E-state index in [0.717, 1.165) is 4.88 Å². The van der Waals surface area contributed by atoms with Gasteiger partial charge in [0.2, 0.25) is 5.96 Å². The number of hydrogen-bond acceptors (Lipinski definition) is 4. The van der Waals surface area contributed by atoms with Gasteiger partial charge in [-0.25, -0.2) is 9.79 Å². The van der Waals surface area contributed by atoms with Crippen LogP contribution in [0.5, 0.6) is 0 Å². The fraction of sp³-hybridized carbons (Fsp3) is 0. The molecule has 0 saturated carbocycles. The van der Waals surface area contributed by atoms with Crippen molar-refractivity contribution in [3.63, 3.8) is 0 Å². The summed E-state index contributed by atoms with van der Waals surface area (Å²) in [5, 5.41) is 16.5. The van der Waals surface area contributed by atoms with E-state index in [-0.39, 0.29) is 23.1 Å². The van der Waals surface area contributed by atoms with Crippen LogP contribution in [-0.2, 0) is 4.79 Å². The van der Waals surface area contributed by atoms with Gasteiger partial charge in [0, 0.05) is 4.88 Å². The Bertz CT molecular complexity index is 794. The average molecular weight is 313 g/mol. The van der Waals surface area contributed by atoms with Gasteiger partial charge in [0.15, 0.2) is 0 Å². The highest BCUT2D eigenvalue weighted by molar-refractivity contribution is 7.10. The Hall–Kier alpha value is -2.93. The summed E-state index contributed by atoms with van der Waals surface area (Å²) in [5.41, 5.74) is 0.714. The SMILES string of the molecule is O=C1NC(=Nc2ccccc2C(=O)O)N/C1=C\c1cccs1. The number of benzene rings is 1. The highest BCUT2D eigenvalue weighted by Gasteiger charge is 2.22. The van der Waals surface area contributed by atoms with Crippen molar-refractivity contribution in [2.24, 2.45) is 4.99 Å². The molecular weight excluding hydrogens is 302 g/mol. The number of aromatic carboxylic acids is 1. The molecule has 0 bridgehead atoms. The minimum Gasteiger partial charge on any atom is -0.478 e. The van der Waals surface area contributed by atoms with Crippen LogP contribution in [0.2, 0.25) is 0 Å². The first-order valence-corrected chi connectivity index (χ1v) is 7.26. The summed E-state index contributed by atoms with van der Waals surface area (Å²) in [6, 6.07) is 10.1. The number of hydrogen-bond donors (Lipinski definition) is 3. The molecule has 3 N–H and O–H groups in total. The minimum atomic E-state index is -1.07.